The molecular weight excluding hydrogens is 263 g/mol. The Hall–Kier alpha value is -1.54. The van der Waals surface area contributed by atoms with Crippen molar-refractivity contribution in [1.82, 2.24) is 0 Å². The Balaban J connectivity index is 2.24. The number of benzene rings is 2. The van der Waals surface area contributed by atoms with Gasteiger partial charge in [-0.1, -0.05) is 30.3 Å². The molecule has 0 unspecified atom stereocenters. The van der Waals surface area contributed by atoms with Crippen molar-refractivity contribution in [2.45, 2.75) is 19.4 Å². The van der Waals surface area contributed by atoms with E-state index in [0.717, 1.165) is 16.9 Å². The second-order valence-corrected chi connectivity index (χ2v) is 4.78. The highest BCUT2D eigenvalue weighted by atomic mass is 35.5. The molecule has 0 fully saturated rings. The van der Waals surface area contributed by atoms with Crippen molar-refractivity contribution in [3.05, 3.63) is 65.5 Å². The number of halogens is 2. The van der Waals surface area contributed by atoms with Crippen molar-refractivity contribution in [2.75, 3.05) is 5.88 Å². The van der Waals surface area contributed by atoms with Crippen molar-refractivity contribution >= 4 is 11.6 Å². The van der Waals surface area contributed by atoms with Crippen LogP contribution in [0.4, 0.5) is 4.39 Å². The Kier molecular flexibility index (Phi) is 4.80. The third kappa shape index (κ3) is 3.71. The Morgan fingerprint density at radius 1 is 1.16 bits per heavy atom. The highest BCUT2D eigenvalue weighted by Crippen LogP contribution is 2.27. The molecule has 0 aliphatic rings. The molecule has 0 amide bonds. The summed E-state index contributed by atoms with van der Waals surface area (Å²) in [5, 5.41) is 0. The lowest BCUT2D eigenvalue weighted by Crippen LogP contribution is -2.09. The summed E-state index contributed by atoms with van der Waals surface area (Å²) < 4.78 is 19.3. The normalized spacial score (nSPS) is 12.2. The third-order valence-corrected chi connectivity index (χ3v) is 3.17. The van der Waals surface area contributed by atoms with Crippen LogP contribution in [0.3, 0.4) is 0 Å². The van der Waals surface area contributed by atoms with Gasteiger partial charge in [-0.3, -0.25) is 0 Å². The summed E-state index contributed by atoms with van der Waals surface area (Å²) in [6.07, 6.45) is 0.411. The van der Waals surface area contributed by atoms with E-state index in [4.69, 9.17) is 16.3 Å². The fourth-order valence-electron chi connectivity index (χ4n) is 1.94. The first-order chi connectivity index (χ1) is 9.20. The molecule has 0 saturated carbocycles. The first kappa shape index (κ1) is 13.9. The van der Waals surface area contributed by atoms with E-state index in [2.05, 4.69) is 0 Å². The second-order valence-electron chi connectivity index (χ2n) is 4.40. The smallest absolute Gasteiger partial charge is 0.125 e. The van der Waals surface area contributed by atoms with Gasteiger partial charge in [-0.15, -0.1) is 11.6 Å². The summed E-state index contributed by atoms with van der Waals surface area (Å²) in [5.74, 6) is 1.01. The van der Waals surface area contributed by atoms with Crippen LogP contribution in [-0.4, -0.2) is 5.88 Å². The second kappa shape index (κ2) is 6.58. The van der Waals surface area contributed by atoms with Crippen LogP contribution in [0.2, 0.25) is 0 Å². The quantitative estimate of drug-likeness (QED) is 0.708. The molecule has 2 rings (SSSR count). The zero-order chi connectivity index (χ0) is 13.7. The minimum atomic E-state index is -0.259. The van der Waals surface area contributed by atoms with Crippen molar-refractivity contribution in [1.29, 1.82) is 0 Å². The van der Waals surface area contributed by atoms with Gasteiger partial charge in [0.1, 0.15) is 17.7 Å². The number of hydrogen-bond acceptors (Lipinski definition) is 1. The zero-order valence-corrected chi connectivity index (χ0v) is 11.5. The summed E-state index contributed by atoms with van der Waals surface area (Å²) in [6.45, 7) is 1.98. The van der Waals surface area contributed by atoms with Crippen LogP contribution in [-0.2, 0) is 0 Å². The predicted molar refractivity (Wildman–Crippen MR) is 76.3 cm³/mol. The molecule has 0 bridgehead atoms. The number of hydrogen-bond donors (Lipinski definition) is 0. The average molecular weight is 279 g/mol. The summed E-state index contributed by atoms with van der Waals surface area (Å²) in [6, 6.07) is 14.2. The lowest BCUT2D eigenvalue weighted by Gasteiger charge is -2.20. The van der Waals surface area contributed by atoms with Gasteiger partial charge in [0, 0.05) is 12.3 Å². The van der Waals surface area contributed by atoms with E-state index in [1.54, 1.807) is 6.07 Å². The van der Waals surface area contributed by atoms with E-state index >= 15 is 0 Å². The van der Waals surface area contributed by atoms with Crippen LogP contribution < -0.4 is 4.74 Å². The molecule has 19 heavy (non-hydrogen) atoms. The highest BCUT2D eigenvalue weighted by molar-refractivity contribution is 6.17. The Morgan fingerprint density at radius 2 is 1.95 bits per heavy atom. The molecule has 0 saturated heterocycles. The number of rotatable bonds is 5. The minimum Gasteiger partial charge on any atom is -0.485 e. The zero-order valence-electron chi connectivity index (χ0n) is 10.8. The van der Waals surface area contributed by atoms with Gasteiger partial charge in [0.05, 0.1) is 0 Å². The third-order valence-electron chi connectivity index (χ3n) is 2.95. The SMILES string of the molecule is Cc1ccccc1O[C@@H](CCCl)c1cccc(F)c1. The molecule has 100 valence electrons. The molecule has 0 radical (unpaired) electrons. The van der Waals surface area contributed by atoms with Crippen LogP contribution in [0.25, 0.3) is 0 Å². The van der Waals surface area contributed by atoms with E-state index in [-0.39, 0.29) is 11.9 Å². The van der Waals surface area contributed by atoms with Crippen molar-refractivity contribution < 1.29 is 9.13 Å². The van der Waals surface area contributed by atoms with E-state index in [9.17, 15) is 4.39 Å². The number of alkyl halides is 1. The van der Waals surface area contributed by atoms with E-state index in [0.29, 0.717) is 12.3 Å². The number of ether oxygens (including phenoxy) is 1. The van der Waals surface area contributed by atoms with E-state index in [1.807, 2.05) is 37.3 Å². The lowest BCUT2D eigenvalue weighted by molar-refractivity contribution is 0.200. The molecule has 3 heteroatoms. The fourth-order valence-corrected chi connectivity index (χ4v) is 2.14. The lowest BCUT2D eigenvalue weighted by atomic mass is 10.1. The minimum absolute atomic E-state index is 0.228. The maximum Gasteiger partial charge on any atom is 0.125 e. The van der Waals surface area contributed by atoms with E-state index in [1.165, 1.54) is 12.1 Å². The molecule has 0 N–H and O–H groups in total. The molecule has 0 aliphatic heterocycles. The van der Waals surface area contributed by atoms with Gasteiger partial charge in [-0.05, 0) is 36.2 Å². The molecule has 1 nitrogen and oxygen atoms in total. The standard InChI is InChI=1S/C16H16ClFO/c1-12-5-2-3-8-15(12)19-16(9-10-17)13-6-4-7-14(18)11-13/h2-8,11,16H,9-10H2,1H3/t16-/m0/s1. The molecule has 0 aliphatic carbocycles. The molecular formula is C16H16ClFO. The van der Waals surface area contributed by atoms with Crippen molar-refractivity contribution in [2.24, 2.45) is 0 Å². The first-order valence-corrected chi connectivity index (χ1v) is 6.78. The Morgan fingerprint density at radius 3 is 2.63 bits per heavy atom. The van der Waals surface area contributed by atoms with E-state index < -0.39 is 0 Å². The highest BCUT2D eigenvalue weighted by Gasteiger charge is 2.14. The maximum atomic E-state index is 13.3. The van der Waals surface area contributed by atoms with Gasteiger partial charge in [-0.2, -0.15) is 0 Å². The monoisotopic (exact) mass is 278 g/mol. The first-order valence-electron chi connectivity index (χ1n) is 6.24. The largest absolute Gasteiger partial charge is 0.485 e. The molecule has 1 atom stereocenters. The molecule has 2 aromatic rings. The van der Waals surface area contributed by atoms with Crippen LogP contribution in [0, 0.1) is 12.7 Å². The topological polar surface area (TPSA) is 9.23 Å². The van der Waals surface area contributed by atoms with Crippen molar-refractivity contribution in [3.8, 4) is 5.75 Å². The summed E-state index contributed by atoms with van der Waals surface area (Å²) in [4.78, 5) is 0. The molecule has 0 spiro atoms. The summed E-state index contributed by atoms with van der Waals surface area (Å²) in [7, 11) is 0. The fraction of sp³-hybridized carbons (Fsp3) is 0.250. The van der Waals surface area contributed by atoms with Gasteiger partial charge in [-0.25, -0.2) is 4.39 Å². The summed E-state index contributed by atoms with van der Waals surface area (Å²) in [5.41, 5.74) is 1.86. The average Bonchev–Trinajstić information content (AvgIpc) is 2.40. The van der Waals surface area contributed by atoms with Crippen LogP contribution in [0.5, 0.6) is 5.75 Å². The van der Waals surface area contributed by atoms with Gasteiger partial charge >= 0.3 is 0 Å². The summed E-state index contributed by atoms with van der Waals surface area (Å²) >= 11 is 5.82. The molecule has 2 aromatic carbocycles. The van der Waals surface area contributed by atoms with Gasteiger partial charge in [0.25, 0.3) is 0 Å². The maximum absolute atomic E-state index is 13.3. The van der Waals surface area contributed by atoms with Crippen LogP contribution in [0.15, 0.2) is 48.5 Å². The van der Waals surface area contributed by atoms with Gasteiger partial charge in [0.15, 0.2) is 0 Å². The number of para-hydroxylation sites is 1. The number of aryl methyl sites for hydroxylation is 1. The Labute approximate surface area is 118 Å². The molecule has 0 heterocycles. The van der Waals surface area contributed by atoms with Gasteiger partial charge in [0.2, 0.25) is 0 Å². The van der Waals surface area contributed by atoms with Crippen molar-refractivity contribution in [3.63, 3.8) is 0 Å². The van der Waals surface area contributed by atoms with Crippen LogP contribution >= 0.6 is 11.6 Å². The van der Waals surface area contributed by atoms with Gasteiger partial charge < -0.3 is 4.74 Å². The molecule has 0 aromatic heterocycles. The van der Waals surface area contributed by atoms with Crippen LogP contribution in [0.1, 0.15) is 23.7 Å². The predicted octanol–water partition coefficient (Wildman–Crippen LogP) is 4.88. The Bertz CT molecular complexity index is 542.